The van der Waals surface area contributed by atoms with Crippen LogP contribution in [0.4, 0.5) is 22.7 Å². The summed E-state index contributed by atoms with van der Waals surface area (Å²) in [6.07, 6.45) is 0. The second-order valence-corrected chi connectivity index (χ2v) is 9.05. The second kappa shape index (κ2) is 25.0. The third kappa shape index (κ3) is 14.6. The Balaban J connectivity index is -0.000000706. The molecule has 0 aliphatic rings. The minimum absolute atomic E-state index is 0. The van der Waals surface area contributed by atoms with E-state index in [-0.39, 0.29) is 69.1 Å². The molecule has 4 rings (SSSR count). The molecule has 0 aliphatic heterocycles. The predicted octanol–water partition coefficient (Wildman–Crippen LogP) is -3.57. The summed E-state index contributed by atoms with van der Waals surface area (Å²) in [7, 11) is 4.04. The van der Waals surface area contributed by atoms with Crippen LogP contribution in [-0.2, 0) is 32.6 Å². The molecule has 0 radical (unpaired) electrons. The normalized spacial score (nSPS) is 8.76. The third-order valence-electron chi connectivity index (χ3n) is 6.11. The van der Waals surface area contributed by atoms with Crippen molar-refractivity contribution in [3.63, 3.8) is 0 Å². The third-order valence-corrected chi connectivity index (χ3v) is 6.11. The molecule has 0 spiro atoms. The Morgan fingerprint density at radius 3 is 1.18 bits per heavy atom. The average molecular weight is 744 g/mol. The molecular formula is C32H36Cl4N6O2Zn. The molecule has 0 aliphatic carbocycles. The molecule has 0 N–H and O–H groups in total. The van der Waals surface area contributed by atoms with Gasteiger partial charge in [0.25, 0.3) is 0 Å². The molecule has 13 heteroatoms. The van der Waals surface area contributed by atoms with Crippen molar-refractivity contribution in [3.05, 3.63) is 118 Å². The maximum Gasteiger partial charge on any atom is 2.00 e. The van der Waals surface area contributed by atoms with Gasteiger partial charge in [-0.05, 0) is 37.1 Å². The van der Waals surface area contributed by atoms with E-state index in [1.807, 2.05) is 88.6 Å². The van der Waals surface area contributed by atoms with Gasteiger partial charge in [0.1, 0.15) is 0 Å². The number of ether oxygens (including phenoxy) is 2. The Kier molecular flexibility index (Phi) is 25.6. The number of rotatable bonds is 10. The fourth-order valence-electron chi connectivity index (χ4n) is 4.09. The SMILES string of the molecule is CCOc1cc(N(C)Cc2ccccc2)ccc1[N+]#N.CCOc1cc(N(C)Cc2ccccc2)ccc1[N+]#N.[Cl-].[Cl-].[Cl-].[Cl-].[Zn+2]. The fraction of sp³-hybridized carbons (Fsp3) is 0.250. The van der Waals surface area contributed by atoms with Gasteiger partial charge >= 0.3 is 30.9 Å². The zero-order valence-corrected chi connectivity index (χ0v) is 31.8. The fourth-order valence-corrected chi connectivity index (χ4v) is 4.09. The molecule has 0 amide bonds. The van der Waals surface area contributed by atoms with E-state index in [2.05, 4.69) is 44.0 Å². The summed E-state index contributed by atoms with van der Waals surface area (Å²) >= 11 is 0. The van der Waals surface area contributed by atoms with Crippen LogP contribution >= 0.6 is 0 Å². The van der Waals surface area contributed by atoms with E-state index in [9.17, 15) is 0 Å². The van der Waals surface area contributed by atoms with E-state index in [1.54, 1.807) is 12.1 Å². The van der Waals surface area contributed by atoms with E-state index < -0.39 is 0 Å². The van der Waals surface area contributed by atoms with Crippen molar-refractivity contribution in [2.75, 3.05) is 37.1 Å². The van der Waals surface area contributed by atoms with Crippen LogP contribution in [0.15, 0.2) is 97.1 Å². The van der Waals surface area contributed by atoms with E-state index in [4.69, 9.17) is 20.3 Å². The minimum atomic E-state index is 0. The topological polar surface area (TPSA) is 81.2 Å². The largest absolute Gasteiger partial charge is 2.00 e. The number of diazo groups is 2. The first-order valence-electron chi connectivity index (χ1n) is 13.2. The van der Waals surface area contributed by atoms with Crippen LogP contribution in [0.2, 0.25) is 0 Å². The number of nitrogens with zero attached hydrogens (tertiary/aromatic N) is 6. The standard InChI is InChI=1S/2C16H18N3O.4ClH.Zn/c2*1-3-20-16-11-14(9-10-15(16)18-17)19(2)12-13-7-5-4-6-8-13;;;;;/h2*4-11H,3,12H2,1-2H3;4*1H;/q2*+1;;;;;+2/p-4. The zero-order chi connectivity index (χ0) is 28.7. The number of halogens is 4. The number of anilines is 2. The summed E-state index contributed by atoms with van der Waals surface area (Å²) in [6.45, 7) is 6.50. The van der Waals surface area contributed by atoms with Crippen LogP contribution in [0.5, 0.6) is 11.5 Å². The van der Waals surface area contributed by atoms with Gasteiger partial charge in [0.15, 0.2) is 9.95 Å². The molecule has 4 aromatic rings. The van der Waals surface area contributed by atoms with Gasteiger partial charge in [-0.1, -0.05) is 60.7 Å². The van der Waals surface area contributed by atoms with Gasteiger partial charge < -0.3 is 68.9 Å². The first-order chi connectivity index (χ1) is 19.5. The van der Waals surface area contributed by atoms with Crippen molar-refractivity contribution in [2.45, 2.75) is 26.9 Å². The van der Waals surface area contributed by atoms with Crippen molar-refractivity contribution in [1.29, 1.82) is 10.8 Å². The summed E-state index contributed by atoms with van der Waals surface area (Å²) in [5.74, 6) is 1.18. The molecule has 0 aromatic heterocycles. The van der Waals surface area contributed by atoms with Crippen molar-refractivity contribution < 1.29 is 78.6 Å². The number of hydrogen-bond acceptors (Lipinski definition) is 6. The molecule has 8 nitrogen and oxygen atoms in total. The van der Waals surface area contributed by atoms with E-state index in [0.717, 1.165) is 24.5 Å². The molecular weight excluding hydrogens is 708 g/mol. The van der Waals surface area contributed by atoms with Gasteiger partial charge in [0.05, 0.1) is 13.2 Å². The van der Waals surface area contributed by atoms with Crippen LogP contribution in [0.3, 0.4) is 0 Å². The van der Waals surface area contributed by atoms with E-state index >= 15 is 0 Å². The Morgan fingerprint density at radius 2 is 0.889 bits per heavy atom. The van der Waals surface area contributed by atoms with Gasteiger partial charge in [0, 0.05) is 62.8 Å². The zero-order valence-electron chi connectivity index (χ0n) is 25.8. The quantitative estimate of drug-likeness (QED) is 0.124. The first kappa shape index (κ1) is 46.1. The Morgan fingerprint density at radius 1 is 0.556 bits per heavy atom. The molecule has 45 heavy (non-hydrogen) atoms. The van der Waals surface area contributed by atoms with Gasteiger partial charge in [0.2, 0.25) is 22.3 Å². The summed E-state index contributed by atoms with van der Waals surface area (Å²) < 4.78 is 11.0. The Labute approximate surface area is 304 Å². The Hall–Kier alpha value is -3.30. The molecule has 0 bridgehead atoms. The van der Waals surface area contributed by atoms with Crippen LogP contribution < -0.4 is 68.9 Å². The molecule has 0 saturated carbocycles. The van der Waals surface area contributed by atoms with Crippen molar-refractivity contribution in [3.8, 4) is 11.5 Å². The second-order valence-electron chi connectivity index (χ2n) is 9.05. The average Bonchev–Trinajstić information content (AvgIpc) is 2.99. The van der Waals surface area contributed by atoms with Crippen LogP contribution in [-0.4, -0.2) is 27.3 Å². The van der Waals surface area contributed by atoms with Crippen LogP contribution in [0.25, 0.3) is 9.95 Å². The smallest absolute Gasteiger partial charge is 1.00 e. The molecule has 236 valence electrons. The predicted molar refractivity (Wildman–Crippen MR) is 162 cm³/mol. The summed E-state index contributed by atoms with van der Waals surface area (Å²) in [5, 5.41) is 17.9. The van der Waals surface area contributed by atoms with Gasteiger partial charge in [-0.25, -0.2) is 0 Å². The van der Waals surface area contributed by atoms with Crippen LogP contribution in [0.1, 0.15) is 25.0 Å². The molecule has 0 atom stereocenters. The van der Waals surface area contributed by atoms with Crippen molar-refractivity contribution in [1.82, 2.24) is 0 Å². The van der Waals surface area contributed by atoms with Gasteiger partial charge in [-0.2, -0.15) is 0 Å². The van der Waals surface area contributed by atoms with Crippen molar-refractivity contribution >= 4 is 22.7 Å². The van der Waals surface area contributed by atoms with Crippen molar-refractivity contribution in [2.24, 2.45) is 0 Å². The van der Waals surface area contributed by atoms with Gasteiger partial charge in [-0.3, -0.25) is 0 Å². The molecule has 0 unspecified atom stereocenters. The summed E-state index contributed by atoms with van der Waals surface area (Å²) in [4.78, 5) is 10.7. The maximum absolute atomic E-state index is 8.94. The minimum Gasteiger partial charge on any atom is -1.00 e. The first-order valence-corrected chi connectivity index (χ1v) is 13.2. The Bertz CT molecular complexity index is 1350. The van der Waals surface area contributed by atoms with Gasteiger partial charge in [-0.15, -0.1) is 0 Å². The maximum atomic E-state index is 8.94. The molecule has 0 saturated heterocycles. The number of hydrogen-bond donors (Lipinski definition) is 0. The molecule has 4 aromatic carbocycles. The van der Waals surface area contributed by atoms with E-state index in [1.165, 1.54) is 11.1 Å². The monoisotopic (exact) mass is 740 g/mol. The number of benzene rings is 4. The summed E-state index contributed by atoms with van der Waals surface area (Å²) in [6, 6.07) is 31.6. The summed E-state index contributed by atoms with van der Waals surface area (Å²) in [5.41, 5.74) is 5.41. The molecule has 0 fully saturated rings. The van der Waals surface area contributed by atoms with E-state index in [0.29, 0.717) is 36.1 Å². The molecule has 0 heterocycles. The van der Waals surface area contributed by atoms with Crippen LogP contribution in [0, 0.1) is 10.8 Å².